The predicted octanol–water partition coefficient (Wildman–Crippen LogP) is -0.849. The van der Waals surface area contributed by atoms with Crippen LogP contribution < -0.4 is 11.5 Å². The van der Waals surface area contributed by atoms with Crippen LogP contribution in [0.1, 0.15) is 5.69 Å². The monoisotopic (exact) mass is 558 g/mol. The summed E-state index contributed by atoms with van der Waals surface area (Å²) in [5.74, 6) is -4.21. The summed E-state index contributed by atoms with van der Waals surface area (Å²) in [5.41, 5.74) is 11.6. The summed E-state index contributed by atoms with van der Waals surface area (Å²) < 4.78 is 25.3. The fourth-order valence-electron chi connectivity index (χ4n) is 3.52. The zero-order chi connectivity index (χ0) is 25.7. The van der Waals surface area contributed by atoms with Crippen LogP contribution >= 0.6 is 34.9 Å². The molecule has 0 saturated carbocycles. The smallest absolute Gasteiger partial charge is 0.352 e. The van der Waals surface area contributed by atoms with Gasteiger partial charge in [-0.25, -0.2) is 22.9 Å². The minimum atomic E-state index is -3.79. The van der Waals surface area contributed by atoms with Gasteiger partial charge in [0, 0.05) is 29.8 Å². The third-order valence-corrected chi connectivity index (χ3v) is 8.77. The molecule has 1 saturated heterocycles. The molecule has 0 radical (unpaired) electrons. The Morgan fingerprint density at radius 3 is 2.63 bits per heavy atom. The number of carboxylic acid groups (broad SMARTS) is 1. The van der Waals surface area contributed by atoms with Gasteiger partial charge in [-0.2, -0.15) is 0 Å². The molecule has 35 heavy (non-hydrogen) atoms. The van der Waals surface area contributed by atoms with Crippen LogP contribution in [-0.4, -0.2) is 84.0 Å². The normalized spacial score (nSPS) is 22.7. The van der Waals surface area contributed by atoms with Gasteiger partial charge in [0.1, 0.15) is 17.0 Å². The Bertz CT molecular complexity index is 1400. The van der Waals surface area contributed by atoms with Gasteiger partial charge in [0.05, 0.1) is 16.6 Å². The number of β-lactam (4-membered cyclic amide) rings is 1. The van der Waals surface area contributed by atoms with E-state index in [-0.39, 0.29) is 33.4 Å². The fraction of sp³-hybridized carbons (Fsp3) is 0.353. The Morgan fingerprint density at radius 1 is 1.37 bits per heavy atom. The number of Topliss-reactive ketones (excluding diaryl/α,β-unsaturated/α-hetero) is 1. The number of nitrogen functional groups attached to an aromatic ring is 1. The van der Waals surface area contributed by atoms with Crippen molar-refractivity contribution in [2.75, 3.05) is 17.7 Å². The predicted molar refractivity (Wildman–Crippen MR) is 128 cm³/mol. The van der Waals surface area contributed by atoms with Crippen LogP contribution in [0.5, 0.6) is 0 Å². The number of allylic oxidation sites excluding steroid dienone is 1. The van der Waals surface area contributed by atoms with E-state index >= 15 is 0 Å². The highest BCUT2D eigenvalue weighted by Gasteiger charge is 2.58. The van der Waals surface area contributed by atoms with Crippen molar-refractivity contribution < 1.29 is 27.9 Å². The van der Waals surface area contributed by atoms with E-state index in [0.29, 0.717) is 5.16 Å². The minimum Gasteiger partial charge on any atom is -0.477 e. The number of nitrogens with two attached hydrogens (primary N) is 2. The summed E-state index contributed by atoms with van der Waals surface area (Å²) in [4.78, 5) is 43.6. The molecule has 0 bridgehead atoms. The standard InChI is InChI=1S/C17H18N8O6S4/c1-24-17(21-22-23-24)33-3-6-10(15(28)29)25-13(27)9(14(25)34-12(6)18)11(26)7(5-35(2,30)31)8-4-32-16(19)20-8/h4-5,9,12,14H,3,18H2,1-2H3,(H2,19,20)(H,28,29)/b7-5-/t9?,12?,14-/m1/s1. The summed E-state index contributed by atoms with van der Waals surface area (Å²) in [6.07, 6.45) is 0.901. The Morgan fingerprint density at radius 2 is 2.09 bits per heavy atom. The number of carbonyl (C=O) groups excluding carboxylic acids is 2. The molecule has 5 N–H and O–H groups in total. The average molecular weight is 559 g/mol. The van der Waals surface area contributed by atoms with Crippen molar-refractivity contribution in [2.24, 2.45) is 18.7 Å². The lowest BCUT2D eigenvalue weighted by Gasteiger charge is -2.50. The van der Waals surface area contributed by atoms with Gasteiger partial charge in [0.25, 0.3) is 0 Å². The van der Waals surface area contributed by atoms with E-state index < -0.39 is 44.2 Å². The number of aliphatic carboxylic acids is 1. The number of nitrogens with zero attached hydrogens (tertiary/aromatic N) is 6. The number of carboxylic acids is 1. The highest BCUT2D eigenvalue weighted by molar-refractivity contribution is 8.01. The van der Waals surface area contributed by atoms with Crippen LogP contribution in [0.4, 0.5) is 5.13 Å². The second-order valence-electron chi connectivity index (χ2n) is 7.48. The van der Waals surface area contributed by atoms with Crippen molar-refractivity contribution in [3.05, 3.63) is 27.8 Å². The molecule has 0 spiro atoms. The molecule has 14 nitrogen and oxygen atoms in total. The Labute approximate surface area is 210 Å². The van der Waals surface area contributed by atoms with Crippen LogP contribution in [0.25, 0.3) is 5.57 Å². The quantitative estimate of drug-likeness (QED) is 0.156. The van der Waals surface area contributed by atoms with Gasteiger partial charge in [-0.05, 0) is 16.0 Å². The molecule has 3 atom stereocenters. The number of thiazole rings is 1. The van der Waals surface area contributed by atoms with Gasteiger partial charge in [-0.1, -0.05) is 11.8 Å². The van der Waals surface area contributed by atoms with Crippen molar-refractivity contribution in [1.29, 1.82) is 0 Å². The number of sulfone groups is 1. The van der Waals surface area contributed by atoms with Gasteiger partial charge in [-0.3, -0.25) is 14.5 Å². The maximum Gasteiger partial charge on any atom is 0.352 e. The van der Waals surface area contributed by atoms with E-state index in [1.807, 2.05) is 0 Å². The molecule has 186 valence electrons. The van der Waals surface area contributed by atoms with E-state index in [9.17, 15) is 27.9 Å². The van der Waals surface area contributed by atoms with Crippen LogP contribution in [0.15, 0.2) is 27.2 Å². The first-order valence-corrected chi connectivity index (χ1v) is 14.4. The second-order valence-corrected chi connectivity index (χ2v) is 12.5. The molecule has 2 aromatic heterocycles. The summed E-state index contributed by atoms with van der Waals surface area (Å²) >= 11 is 3.18. The number of hydrogen-bond donors (Lipinski definition) is 3. The second kappa shape index (κ2) is 9.34. The van der Waals surface area contributed by atoms with Crippen molar-refractivity contribution in [3.63, 3.8) is 0 Å². The van der Waals surface area contributed by atoms with E-state index in [4.69, 9.17) is 11.5 Å². The van der Waals surface area contributed by atoms with Gasteiger partial charge >= 0.3 is 5.97 Å². The van der Waals surface area contributed by atoms with Gasteiger partial charge in [0.15, 0.2) is 20.8 Å². The first kappa shape index (κ1) is 25.3. The molecular formula is C17H18N8O6S4. The van der Waals surface area contributed by atoms with E-state index in [1.54, 1.807) is 7.05 Å². The fourth-order valence-corrected chi connectivity index (χ4v) is 7.16. The largest absolute Gasteiger partial charge is 0.477 e. The maximum atomic E-state index is 13.4. The Kier molecular flexibility index (Phi) is 6.75. The zero-order valence-electron chi connectivity index (χ0n) is 18.1. The third-order valence-electron chi connectivity index (χ3n) is 5.04. The van der Waals surface area contributed by atoms with Crippen molar-refractivity contribution in [2.45, 2.75) is 15.9 Å². The molecule has 0 aromatic carbocycles. The first-order valence-electron chi connectivity index (χ1n) is 9.62. The van der Waals surface area contributed by atoms with Gasteiger partial charge in [0.2, 0.25) is 11.1 Å². The Balaban J connectivity index is 1.66. The number of hydrogen-bond acceptors (Lipinski definition) is 14. The van der Waals surface area contributed by atoms with E-state index in [2.05, 4.69) is 20.5 Å². The van der Waals surface area contributed by atoms with Crippen LogP contribution in [0.3, 0.4) is 0 Å². The molecule has 2 unspecified atom stereocenters. The van der Waals surface area contributed by atoms with Crippen molar-refractivity contribution in [3.8, 4) is 0 Å². The molecule has 2 aliphatic heterocycles. The summed E-state index contributed by atoms with van der Waals surface area (Å²) in [6.45, 7) is 0. The minimum absolute atomic E-state index is 0.0164. The number of thioether (sulfide) groups is 2. The van der Waals surface area contributed by atoms with Crippen molar-refractivity contribution in [1.82, 2.24) is 30.1 Å². The lowest BCUT2D eigenvalue weighted by atomic mass is 9.87. The lowest BCUT2D eigenvalue weighted by Crippen LogP contribution is -2.65. The van der Waals surface area contributed by atoms with E-state index in [1.165, 1.54) is 10.1 Å². The molecule has 4 rings (SSSR count). The number of rotatable bonds is 8. The molecule has 2 aromatic rings. The van der Waals surface area contributed by atoms with Gasteiger partial charge < -0.3 is 16.6 Å². The number of carbonyl (C=O) groups is 3. The van der Waals surface area contributed by atoms with Crippen LogP contribution in [0.2, 0.25) is 0 Å². The highest BCUT2D eigenvalue weighted by atomic mass is 32.2. The number of amides is 1. The topological polar surface area (TPSA) is 217 Å². The maximum absolute atomic E-state index is 13.4. The summed E-state index contributed by atoms with van der Waals surface area (Å²) in [7, 11) is -2.17. The van der Waals surface area contributed by atoms with Crippen LogP contribution in [-0.2, 0) is 31.3 Å². The number of aryl methyl sites for hydroxylation is 1. The SMILES string of the molecule is Cn1nnnc1SCC1=C(C(=O)O)N2C(=O)C(C(=O)/C(=C\S(C)(=O)=O)c3csc(N)n3)[C@H]2SC1N. The molecule has 18 heteroatoms. The molecule has 2 aliphatic rings. The number of ketones is 1. The number of tetrazole rings is 1. The third kappa shape index (κ3) is 4.83. The molecular weight excluding hydrogens is 541 g/mol. The lowest BCUT2D eigenvalue weighted by molar-refractivity contribution is -0.155. The Hall–Kier alpha value is -2.80. The number of fused-ring (bicyclic) bond motifs is 1. The summed E-state index contributed by atoms with van der Waals surface area (Å²) in [6, 6.07) is 0. The van der Waals surface area contributed by atoms with Crippen molar-refractivity contribution >= 4 is 73.1 Å². The molecule has 0 aliphatic carbocycles. The summed E-state index contributed by atoms with van der Waals surface area (Å²) in [5, 5.41) is 21.8. The molecule has 4 heterocycles. The number of aromatic nitrogens is 5. The average Bonchev–Trinajstić information content (AvgIpc) is 3.37. The van der Waals surface area contributed by atoms with E-state index in [0.717, 1.165) is 51.4 Å². The first-order chi connectivity index (χ1) is 16.4. The number of anilines is 1. The van der Waals surface area contributed by atoms with Gasteiger partial charge in [-0.15, -0.1) is 28.2 Å². The molecule has 1 amide bonds. The van der Waals surface area contributed by atoms with Crippen LogP contribution in [0, 0.1) is 5.92 Å². The highest BCUT2D eigenvalue weighted by Crippen LogP contribution is 2.48. The zero-order valence-corrected chi connectivity index (χ0v) is 21.3. The molecule has 1 fully saturated rings.